The van der Waals surface area contributed by atoms with Crippen molar-refractivity contribution in [1.29, 1.82) is 0 Å². The molecule has 0 N–H and O–H groups in total. The first-order valence-electron chi connectivity index (χ1n) is 12.5. The molecule has 1 aromatic heterocycles. The van der Waals surface area contributed by atoms with Crippen LogP contribution in [-0.4, -0.2) is 60.6 Å². The highest BCUT2D eigenvalue weighted by Gasteiger charge is 2.36. The zero-order chi connectivity index (χ0) is 26.4. The molecule has 37 heavy (non-hydrogen) atoms. The molecule has 0 aliphatic carbocycles. The minimum Gasteiger partial charge on any atom is -0.373 e. The minimum atomic E-state index is -1.09. The van der Waals surface area contributed by atoms with Crippen molar-refractivity contribution in [3.8, 4) is 0 Å². The van der Waals surface area contributed by atoms with Crippen LogP contribution in [0.15, 0.2) is 77.7 Å². The van der Waals surface area contributed by atoms with E-state index in [1.54, 1.807) is 31.2 Å². The third-order valence-electron chi connectivity index (χ3n) is 7.32. The lowest BCUT2D eigenvalue weighted by Crippen LogP contribution is -2.44. The summed E-state index contributed by atoms with van der Waals surface area (Å²) in [6.45, 7) is 3.05. The molecule has 1 fully saturated rings. The standard InChI is InChI=1S/C29H33F2N3O3/c1-32(16-8-17-33-19-14-29(37-2,15-20-33)23-9-4-3-5-10-23)28(36)27(34-18-7-6-11-26(34)35)22-12-13-24(30)25(31)21-22/h3-7,9-13,18,21,27H,8,14-17,19-20H2,1-2H3. The number of likely N-dealkylation sites (tertiary alicyclic amines) is 1. The number of carbonyl (C=O) groups is 1. The first-order valence-corrected chi connectivity index (χ1v) is 12.5. The highest BCUT2D eigenvalue weighted by Crippen LogP contribution is 2.36. The Kier molecular flexibility index (Phi) is 8.51. The molecule has 0 bridgehead atoms. The Morgan fingerprint density at radius 1 is 1.03 bits per heavy atom. The van der Waals surface area contributed by atoms with Crippen molar-refractivity contribution in [3.05, 3.63) is 106 Å². The summed E-state index contributed by atoms with van der Waals surface area (Å²) in [4.78, 5) is 29.9. The number of ether oxygens (including phenoxy) is 1. The molecule has 6 nitrogen and oxygen atoms in total. The number of carbonyl (C=O) groups excluding carboxylic acids is 1. The van der Waals surface area contributed by atoms with Crippen LogP contribution in [0.4, 0.5) is 8.78 Å². The van der Waals surface area contributed by atoms with Gasteiger partial charge in [0, 0.05) is 46.1 Å². The highest BCUT2D eigenvalue weighted by molar-refractivity contribution is 5.83. The molecule has 3 aromatic rings. The summed E-state index contributed by atoms with van der Waals surface area (Å²) in [5.41, 5.74) is 0.747. The van der Waals surface area contributed by atoms with E-state index >= 15 is 0 Å². The van der Waals surface area contributed by atoms with Crippen molar-refractivity contribution in [3.63, 3.8) is 0 Å². The summed E-state index contributed by atoms with van der Waals surface area (Å²) in [6.07, 6.45) is 4.00. The summed E-state index contributed by atoms with van der Waals surface area (Å²) in [7, 11) is 3.44. The maximum absolute atomic E-state index is 14.0. The van der Waals surface area contributed by atoms with E-state index in [-0.39, 0.29) is 17.1 Å². The molecule has 8 heteroatoms. The van der Waals surface area contributed by atoms with Crippen LogP contribution in [0.3, 0.4) is 0 Å². The Balaban J connectivity index is 1.39. The lowest BCUT2D eigenvalue weighted by atomic mass is 9.84. The Morgan fingerprint density at radius 2 is 1.73 bits per heavy atom. The van der Waals surface area contributed by atoms with Gasteiger partial charge in [0.05, 0.1) is 5.60 Å². The number of rotatable bonds is 9. The molecule has 0 radical (unpaired) electrons. The van der Waals surface area contributed by atoms with Crippen LogP contribution in [0.25, 0.3) is 0 Å². The quantitative estimate of drug-likeness (QED) is 0.434. The smallest absolute Gasteiger partial charge is 0.251 e. The SMILES string of the molecule is COC1(c2ccccc2)CCN(CCCN(C)C(=O)C(c2ccc(F)c(F)c2)n2ccccc2=O)CC1. The van der Waals surface area contributed by atoms with Crippen molar-refractivity contribution in [2.24, 2.45) is 0 Å². The van der Waals surface area contributed by atoms with Crippen LogP contribution >= 0.6 is 0 Å². The Labute approximate surface area is 216 Å². The molecular formula is C29H33F2N3O3. The fourth-order valence-corrected chi connectivity index (χ4v) is 5.10. The number of aromatic nitrogens is 1. The van der Waals surface area contributed by atoms with E-state index in [1.165, 1.54) is 28.5 Å². The van der Waals surface area contributed by atoms with Gasteiger partial charge in [-0.2, -0.15) is 0 Å². The molecular weight excluding hydrogens is 476 g/mol. The van der Waals surface area contributed by atoms with Gasteiger partial charge < -0.3 is 14.5 Å². The van der Waals surface area contributed by atoms with Gasteiger partial charge in [-0.3, -0.25) is 14.2 Å². The van der Waals surface area contributed by atoms with Gasteiger partial charge >= 0.3 is 0 Å². The molecule has 2 heterocycles. The Hall–Kier alpha value is -3.36. The van der Waals surface area contributed by atoms with Gasteiger partial charge in [-0.25, -0.2) is 8.78 Å². The van der Waals surface area contributed by atoms with Crippen molar-refractivity contribution in [2.45, 2.75) is 30.9 Å². The predicted octanol–water partition coefficient (Wildman–Crippen LogP) is 4.20. The summed E-state index contributed by atoms with van der Waals surface area (Å²) >= 11 is 0. The van der Waals surface area contributed by atoms with Gasteiger partial charge in [0.2, 0.25) is 5.91 Å². The molecule has 1 atom stereocenters. The number of hydrogen-bond donors (Lipinski definition) is 0. The van der Waals surface area contributed by atoms with Crippen LogP contribution in [0.1, 0.15) is 36.4 Å². The van der Waals surface area contributed by atoms with E-state index in [0.29, 0.717) is 6.54 Å². The van der Waals surface area contributed by atoms with Crippen LogP contribution in [0.5, 0.6) is 0 Å². The zero-order valence-electron chi connectivity index (χ0n) is 21.3. The van der Waals surface area contributed by atoms with E-state index < -0.39 is 23.2 Å². The summed E-state index contributed by atoms with van der Waals surface area (Å²) in [6, 6.07) is 17.1. The summed E-state index contributed by atoms with van der Waals surface area (Å²) < 4.78 is 34.8. The first-order chi connectivity index (χ1) is 17.8. The Bertz CT molecular complexity index is 1260. The maximum Gasteiger partial charge on any atom is 0.251 e. The lowest BCUT2D eigenvalue weighted by molar-refractivity contribution is -0.132. The molecule has 196 valence electrons. The largest absolute Gasteiger partial charge is 0.373 e. The zero-order valence-corrected chi connectivity index (χ0v) is 21.3. The van der Waals surface area contributed by atoms with Crippen molar-refractivity contribution in [2.75, 3.05) is 40.3 Å². The minimum absolute atomic E-state index is 0.219. The van der Waals surface area contributed by atoms with Crippen LogP contribution in [-0.2, 0) is 15.1 Å². The van der Waals surface area contributed by atoms with E-state index in [0.717, 1.165) is 51.0 Å². The fourth-order valence-electron chi connectivity index (χ4n) is 5.10. The fraction of sp³-hybridized carbons (Fsp3) is 0.379. The number of hydrogen-bond acceptors (Lipinski definition) is 4. The second kappa shape index (κ2) is 11.8. The second-order valence-electron chi connectivity index (χ2n) is 9.54. The molecule has 1 aliphatic rings. The number of piperidine rings is 1. The van der Waals surface area contributed by atoms with Crippen molar-refractivity contribution >= 4 is 5.91 Å². The molecule has 0 saturated carbocycles. The number of halogens is 2. The van der Waals surface area contributed by atoms with Gasteiger partial charge in [0.1, 0.15) is 6.04 Å². The average Bonchev–Trinajstić information content (AvgIpc) is 2.92. The van der Waals surface area contributed by atoms with E-state index in [4.69, 9.17) is 4.74 Å². The highest BCUT2D eigenvalue weighted by atomic mass is 19.2. The molecule has 1 aliphatic heterocycles. The monoisotopic (exact) mass is 509 g/mol. The summed E-state index contributed by atoms with van der Waals surface area (Å²) in [5.74, 6) is -2.43. The average molecular weight is 510 g/mol. The van der Waals surface area contributed by atoms with Gasteiger partial charge in [-0.15, -0.1) is 0 Å². The molecule has 1 amide bonds. The maximum atomic E-state index is 14.0. The van der Waals surface area contributed by atoms with E-state index in [2.05, 4.69) is 17.0 Å². The third kappa shape index (κ3) is 5.97. The number of amides is 1. The number of methoxy groups -OCH3 is 1. The number of likely N-dealkylation sites (N-methyl/N-ethyl adjacent to an activating group) is 1. The van der Waals surface area contributed by atoms with Crippen molar-refractivity contribution < 1.29 is 18.3 Å². The van der Waals surface area contributed by atoms with Gasteiger partial charge in [0.15, 0.2) is 11.6 Å². The van der Waals surface area contributed by atoms with Crippen molar-refractivity contribution in [1.82, 2.24) is 14.4 Å². The van der Waals surface area contributed by atoms with Gasteiger partial charge in [0.25, 0.3) is 5.56 Å². The third-order valence-corrected chi connectivity index (χ3v) is 7.32. The number of pyridine rings is 1. The van der Waals surface area contributed by atoms with E-state index in [1.807, 2.05) is 18.2 Å². The van der Waals surface area contributed by atoms with Crippen LogP contribution in [0, 0.1) is 11.6 Å². The first kappa shape index (κ1) is 26.7. The van der Waals surface area contributed by atoms with Crippen LogP contribution < -0.4 is 5.56 Å². The predicted molar refractivity (Wildman–Crippen MR) is 138 cm³/mol. The second-order valence-corrected chi connectivity index (χ2v) is 9.54. The topological polar surface area (TPSA) is 54.8 Å². The van der Waals surface area contributed by atoms with Gasteiger partial charge in [-0.1, -0.05) is 42.5 Å². The molecule has 4 rings (SSSR count). The van der Waals surface area contributed by atoms with Crippen LogP contribution in [0.2, 0.25) is 0 Å². The normalized spacial score (nSPS) is 16.3. The lowest BCUT2D eigenvalue weighted by Gasteiger charge is -2.41. The van der Waals surface area contributed by atoms with Gasteiger partial charge in [-0.05, 0) is 55.1 Å². The number of benzene rings is 2. The van der Waals surface area contributed by atoms with E-state index in [9.17, 15) is 18.4 Å². The molecule has 0 spiro atoms. The molecule has 2 aromatic carbocycles. The Morgan fingerprint density at radius 3 is 2.38 bits per heavy atom. The summed E-state index contributed by atoms with van der Waals surface area (Å²) in [5, 5.41) is 0. The number of nitrogens with zero attached hydrogens (tertiary/aromatic N) is 3. The molecule has 1 unspecified atom stereocenters. The molecule has 1 saturated heterocycles.